The van der Waals surface area contributed by atoms with E-state index in [2.05, 4.69) is 4.90 Å². The van der Waals surface area contributed by atoms with Crippen LogP contribution in [-0.2, 0) is 4.79 Å². The van der Waals surface area contributed by atoms with Gasteiger partial charge in [0.25, 0.3) is 0 Å². The molecule has 1 saturated heterocycles. The van der Waals surface area contributed by atoms with E-state index in [1.165, 1.54) is 0 Å². The third kappa shape index (κ3) is 4.97. The van der Waals surface area contributed by atoms with E-state index in [-0.39, 0.29) is 25.2 Å². The summed E-state index contributed by atoms with van der Waals surface area (Å²) in [4.78, 5) is 12.9. The number of quaternary nitrogens is 1. The van der Waals surface area contributed by atoms with Gasteiger partial charge >= 0.3 is 5.97 Å². The highest BCUT2D eigenvalue weighted by Gasteiger charge is 2.34. The van der Waals surface area contributed by atoms with Gasteiger partial charge in [0.2, 0.25) is 0 Å². The van der Waals surface area contributed by atoms with Gasteiger partial charge in [0.15, 0.2) is 6.54 Å². The molecule has 1 fully saturated rings. The number of aliphatic hydroxyl groups is 2. The third-order valence-corrected chi connectivity index (χ3v) is 3.24. The minimum absolute atomic E-state index is 0. The number of β-amino-alcohol motifs (C(OH)–C–C–N with tert-alkyl or cyclic N) is 1. The Labute approximate surface area is 101 Å². The van der Waals surface area contributed by atoms with E-state index < -0.39 is 5.97 Å². The Morgan fingerprint density at radius 3 is 2.18 bits per heavy atom. The second-order valence-electron chi connectivity index (χ2n) is 4.35. The Balaban J connectivity index is 0.00000256. The highest BCUT2D eigenvalue weighted by atomic mass is 16.4. The quantitative estimate of drug-likeness (QED) is 0.471. The van der Waals surface area contributed by atoms with Gasteiger partial charge in [-0.2, -0.15) is 0 Å². The Morgan fingerprint density at radius 1 is 1.18 bits per heavy atom. The van der Waals surface area contributed by atoms with E-state index in [9.17, 15) is 4.79 Å². The SMILES string of the molecule is O=C(O)C[N+]1(CCO)CCN(CCO)CC1.[OH-]. The van der Waals surface area contributed by atoms with Crippen molar-refractivity contribution >= 4 is 5.97 Å². The maximum Gasteiger partial charge on any atom is 0.359 e. The molecule has 0 unspecified atom stereocenters. The predicted octanol–water partition coefficient (Wildman–Crippen LogP) is -1.99. The van der Waals surface area contributed by atoms with E-state index in [0.717, 1.165) is 26.2 Å². The maximum absolute atomic E-state index is 10.8. The van der Waals surface area contributed by atoms with Crippen LogP contribution in [0, 0.1) is 0 Å². The van der Waals surface area contributed by atoms with Gasteiger partial charge in [-0.1, -0.05) is 0 Å². The van der Waals surface area contributed by atoms with Gasteiger partial charge in [-0.05, 0) is 0 Å². The lowest BCUT2D eigenvalue weighted by Gasteiger charge is -2.43. The number of hydrogen-bond donors (Lipinski definition) is 3. The first-order valence-corrected chi connectivity index (χ1v) is 5.63. The average molecular weight is 250 g/mol. The second-order valence-corrected chi connectivity index (χ2v) is 4.35. The van der Waals surface area contributed by atoms with Crippen molar-refractivity contribution in [3.8, 4) is 0 Å². The molecule has 0 bridgehead atoms. The normalized spacial score (nSPS) is 19.6. The van der Waals surface area contributed by atoms with Crippen molar-refractivity contribution < 1.29 is 30.1 Å². The van der Waals surface area contributed by atoms with Gasteiger partial charge in [0.1, 0.15) is 6.54 Å². The molecule has 0 aromatic heterocycles. The molecule has 0 saturated carbocycles. The molecule has 17 heavy (non-hydrogen) atoms. The number of piperazine rings is 1. The third-order valence-electron chi connectivity index (χ3n) is 3.24. The first kappa shape index (κ1) is 16.3. The molecule has 0 aromatic rings. The van der Waals surface area contributed by atoms with Crippen molar-refractivity contribution in [2.24, 2.45) is 0 Å². The van der Waals surface area contributed by atoms with Crippen LogP contribution < -0.4 is 0 Å². The topological polar surface area (TPSA) is 111 Å². The van der Waals surface area contributed by atoms with Gasteiger partial charge in [0.05, 0.1) is 26.3 Å². The van der Waals surface area contributed by atoms with Crippen molar-refractivity contribution in [1.29, 1.82) is 0 Å². The maximum atomic E-state index is 10.8. The summed E-state index contributed by atoms with van der Waals surface area (Å²) < 4.78 is 0.452. The number of carbonyl (C=O) groups is 1. The minimum atomic E-state index is -0.816. The Bertz CT molecular complexity index is 229. The highest BCUT2D eigenvalue weighted by molar-refractivity contribution is 5.67. The fourth-order valence-corrected chi connectivity index (χ4v) is 2.26. The minimum Gasteiger partial charge on any atom is -0.870 e. The van der Waals surface area contributed by atoms with Crippen LogP contribution in [0.1, 0.15) is 0 Å². The Kier molecular flexibility index (Phi) is 7.24. The molecule has 0 atom stereocenters. The van der Waals surface area contributed by atoms with E-state index in [0.29, 0.717) is 17.6 Å². The molecular weight excluding hydrogens is 228 g/mol. The molecule has 0 spiro atoms. The zero-order chi connectivity index (χ0) is 12.0. The van der Waals surface area contributed by atoms with E-state index >= 15 is 0 Å². The molecular formula is C10H22N2O5. The molecule has 7 heteroatoms. The zero-order valence-electron chi connectivity index (χ0n) is 9.96. The van der Waals surface area contributed by atoms with Gasteiger partial charge in [-0.3, -0.25) is 4.90 Å². The lowest BCUT2D eigenvalue weighted by Crippen LogP contribution is -2.62. The summed E-state index contributed by atoms with van der Waals surface area (Å²) in [5.74, 6) is -0.816. The monoisotopic (exact) mass is 250 g/mol. The molecule has 1 aliphatic heterocycles. The molecule has 1 aliphatic rings. The lowest BCUT2D eigenvalue weighted by atomic mass is 10.2. The summed E-state index contributed by atoms with van der Waals surface area (Å²) in [5, 5.41) is 26.7. The molecule has 0 radical (unpaired) electrons. The van der Waals surface area contributed by atoms with Gasteiger partial charge in [-0.15, -0.1) is 0 Å². The Hall–Kier alpha value is -0.730. The summed E-state index contributed by atoms with van der Waals surface area (Å²) in [6.07, 6.45) is 0. The molecule has 102 valence electrons. The van der Waals surface area contributed by atoms with Gasteiger partial charge in [-0.25, -0.2) is 4.79 Å². The molecule has 1 heterocycles. The first-order valence-electron chi connectivity index (χ1n) is 5.63. The summed E-state index contributed by atoms with van der Waals surface area (Å²) in [6, 6.07) is 0. The van der Waals surface area contributed by atoms with Crippen LogP contribution in [0.25, 0.3) is 0 Å². The molecule has 1 rings (SSSR count). The number of aliphatic carboxylic acids is 1. The summed E-state index contributed by atoms with van der Waals surface area (Å²) >= 11 is 0. The standard InChI is InChI=1S/C10H20N2O4.H2O/c13-7-3-11-1-4-12(5-2-11,6-8-14)9-10(15)16;/h13-14H,1-9H2;1H2. The fraction of sp³-hybridized carbons (Fsp3) is 0.900. The van der Waals surface area contributed by atoms with Crippen molar-refractivity contribution in [1.82, 2.24) is 4.90 Å². The molecule has 7 nitrogen and oxygen atoms in total. The van der Waals surface area contributed by atoms with E-state index in [1.54, 1.807) is 0 Å². The number of carboxylic acids is 1. The molecule has 0 aromatic carbocycles. The number of rotatable bonds is 6. The Morgan fingerprint density at radius 2 is 1.76 bits per heavy atom. The largest absolute Gasteiger partial charge is 0.870 e. The van der Waals surface area contributed by atoms with Crippen molar-refractivity contribution in [2.45, 2.75) is 0 Å². The van der Waals surface area contributed by atoms with Crippen LogP contribution in [0.5, 0.6) is 0 Å². The van der Waals surface area contributed by atoms with Crippen LogP contribution in [0.3, 0.4) is 0 Å². The summed E-state index contributed by atoms with van der Waals surface area (Å²) in [6.45, 7) is 4.41. The second kappa shape index (κ2) is 7.57. The van der Waals surface area contributed by atoms with Gasteiger partial charge in [0, 0.05) is 19.6 Å². The smallest absolute Gasteiger partial charge is 0.359 e. The van der Waals surface area contributed by atoms with Crippen molar-refractivity contribution in [2.75, 3.05) is 59.0 Å². The average Bonchev–Trinajstić information content (AvgIpc) is 2.21. The number of nitrogens with zero attached hydrogens (tertiary/aromatic N) is 2. The van der Waals surface area contributed by atoms with E-state index in [1.807, 2.05) is 0 Å². The predicted molar refractivity (Wildman–Crippen MR) is 59.9 cm³/mol. The van der Waals surface area contributed by atoms with Crippen molar-refractivity contribution in [3.05, 3.63) is 0 Å². The number of carboxylic acid groups (broad SMARTS) is 1. The molecule has 4 N–H and O–H groups in total. The fourth-order valence-electron chi connectivity index (χ4n) is 2.26. The molecule has 0 aliphatic carbocycles. The van der Waals surface area contributed by atoms with Crippen LogP contribution >= 0.6 is 0 Å². The lowest BCUT2D eigenvalue weighted by molar-refractivity contribution is -0.925. The zero-order valence-corrected chi connectivity index (χ0v) is 9.96. The van der Waals surface area contributed by atoms with Gasteiger partial charge < -0.3 is 25.3 Å². The summed E-state index contributed by atoms with van der Waals surface area (Å²) in [5.41, 5.74) is 0. The van der Waals surface area contributed by atoms with Crippen LogP contribution in [0.15, 0.2) is 0 Å². The van der Waals surface area contributed by atoms with E-state index in [4.69, 9.17) is 15.3 Å². The van der Waals surface area contributed by atoms with Crippen LogP contribution in [0.4, 0.5) is 0 Å². The number of aliphatic hydroxyl groups excluding tert-OH is 2. The van der Waals surface area contributed by atoms with Crippen molar-refractivity contribution in [3.63, 3.8) is 0 Å². The van der Waals surface area contributed by atoms with Crippen LogP contribution in [-0.4, -0.2) is 95.2 Å². The van der Waals surface area contributed by atoms with Crippen LogP contribution in [0.2, 0.25) is 0 Å². The summed E-state index contributed by atoms with van der Waals surface area (Å²) in [7, 11) is 0. The number of hydrogen-bond acceptors (Lipinski definition) is 5. The molecule has 0 amide bonds. The first-order chi connectivity index (χ1) is 7.62. The highest BCUT2D eigenvalue weighted by Crippen LogP contribution is 2.12.